The van der Waals surface area contributed by atoms with Gasteiger partial charge in [0.05, 0.1) is 11.6 Å². The quantitative estimate of drug-likeness (QED) is 0.891. The predicted octanol–water partition coefficient (Wildman–Crippen LogP) is 2.56. The number of fused-ring (bicyclic) bond motifs is 1. The van der Waals surface area contributed by atoms with Crippen LogP contribution < -0.4 is 10.5 Å². The Kier molecular flexibility index (Phi) is 2.94. The lowest BCUT2D eigenvalue weighted by Gasteiger charge is -2.19. The fraction of sp³-hybridized carbons (Fsp3) is 0.188. The maximum atomic E-state index is 8.77. The van der Waals surface area contributed by atoms with E-state index >= 15 is 0 Å². The van der Waals surface area contributed by atoms with Crippen LogP contribution in [0.3, 0.4) is 0 Å². The second kappa shape index (κ2) is 4.75. The average Bonchev–Trinajstić information content (AvgIpc) is 2.76. The molecule has 94 valence electrons. The van der Waals surface area contributed by atoms with Gasteiger partial charge in [0, 0.05) is 6.04 Å². The van der Waals surface area contributed by atoms with Crippen LogP contribution in [0, 0.1) is 11.3 Å². The largest absolute Gasteiger partial charge is 0.484 e. The van der Waals surface area contributed by atoms with Gasteiger partial charge in [-0.1, -0.05) is 24.3 Å². The normalized spacial score (nSPS) is 20.6. The molecule has 0 fully saturated rings. The number of benzene rings is 2. The van der Waals surface area contributed by atoms with Gasteiger partial charge in [-0.25, -0.2) is 0 Å². The first-order valence-corrected chi connectivity index (χ1v) is 6.28. The average molecular weight is 250 g/mol. The zero-order chi connectivity index (χ0) is 13.2. The SMILES string of the molecule is N#Cc1ccc(O[C@@H]2c3ccccc3C[C@@H]2N)cc1. The topological polar surface area (TPSA) is 59.0 Å². The summed E-state index contributed by atoms with van der Waals surface area (Å²) in [5.41, 5.74) is 9.21. The van der Waals surface area contributed by atoms with Crippen LogP contribution in [0.4, 0.5) is 0 Å². The lowest BCUT2D eigenvalue weighted by atomic mass is 10.1. The Labute approximate surface area is 112 Å². The van der Waals surface area contributed by atoms with Crippen LogP contribution in [0.1, 0.15) is 22.8 Å². The Morgan fingerprint density at radius 3 is 2.58 bits per heavy atom. The highest BCUT2D eigenvalue weighted by atomic mass is 16.5. The number of nitrogens with two attached hydrogens (primary N) is 1. The van der Waals surface area contributed by atoms with Gasteiger partial charge in [0.15, 0.2) is 0 Å². The minimum atomic E-state index is -0.107. The summed E-state index contributed by atoms with van der Waals surface area (Å²) < 4.78 is 5.98. The molecular weight excluding hydrogens is 236 g/mol. The lowest BCUT2D eigenvalue weighted by molar-refractivity contribution is 0.186. The molecule has 0 unspecified atom stereocenters. The Hall–Kier alpha value is -2.31. The van der Waals surface area contributed by atoms with Crippen LogP contribution in [-0.4, -0.2) is 6.04 Å². The van der Waals surface area contributed by atoms with Crippen LogP contribution in [0.5, 0.6) is 5.75 Å². The third-order valence-corrected chi connectivity index (χ3v) is 3.45. The first kappa shape index (κ1) is 11.8. The van der Waals surface area contributed by atoms with Gasteiger partial charge in [0.25, 0.3) is 0 Å². The molecule has 0 aromatic heterocycles. The molecule has 3 nitrogen and oxygen atoms in total. The van der Waals surface area contributed by atoms with Crippen LogP contribution in [-0.2, 0) is 6.42 Å². The number of nitrogens with zero attached hydrogens (tertiary/aromatic N) is 1. The Bertz CT molecular complexity index is 628. The molecule has 0 heterocycles. The van der Waals surface area contributed by atoms with E-state index in [1.165, 1.54) is 11.1 Å². The van der Waals surface area contributed by atoms with Gasteiger partial charge in [-0.15, -0.1) is 0 Å². The number of ether oxygens (including phenoxy) is 1. The third-order valence-electron chi connectivity index (χ3n) is 3.45. The fourth-order valence-electron chi connectivity index (χ4n) is 2.49. The zero-order valence-electron chi connectivity index (χ0n) is 10.4. The Morgan fingerprint density at radius 2 is 1.84 bits per heavy atom. The maximum Gasteiger partial charge on any atom is 0.139 e. The molecule has 2 atom stereocenters. The third kappa shape index (κ3) is 2.18. The summed E-state index contributed by atoms with van der Waals surface area (Å²) in [5, 5.41) is 8.77. The number of hydrogen-bond acceptors (Lipinski definition) is 3. The number of nitriles is 1. The minimum Gasteiger partial charge on any atom is -0.484 e. The molecule has 0 spiro atoms. The maximum absolute atomic E-state index is 8.77. The van der Waals surface area contributed by atoms with Gasteiger partial charge in [-0.3, -0.25) is 0 Å². The van der Waals surface area contributed by atoms with E-state index in [9.17, 15) is 0 Å². The monoisotopic (exact) mass is 250 g/mol. The molecule has 1 aliphatic rings. The van der Waals surface area contributed by atoms with Crippen LogP contribution in [0.2, 0.25) is 0 Å². The number of hydrogen-bond donors (Lipinski definition) is 1. The summed E-state index contributed by atoms with van der Waals surface area (Å²) in [6.45, 7) is 0. The molecule has 0 radical (unpaired) electrons. The van der Waals surface area contributed by atoms with E-state index in [0.717, 1.165) is 12.2 Å². The molecule has 19 heavy (non-hydrogen) atoms. The van der Waals surface area contributed by atoms with Gasteiger partial charge in [-0.2, -0.15) is 5.26 Å². The van der Waals surface area contributed by atoms with Crippen LogP contribution >= 0.6 is 0 Å². The van der Waals surface area contributed by atoms with Gasteiger partial charge in [0.1, 0.15) is 11.9 Å². The Balaban J connectivity index is 1.85. The highest BCUT2D eigenvalue weighted by Crippen LogP contribution is 2.34. The second-order valence-corrected chi connectivity index (χ2v) is 4.74. The highest BCUT2D eigenvalue weighted by molar-refractivity contribution is 5.39. The van der Waals surface area contributed by atoms with E-state index in [1.807, 2.05) is 24.3 Å². The summed E-state index contributed by atoms with van der Waals surface area (Å²) >= 11 is 0. The molecular formula is C16H14N2O. The number of rotatable bonds is 2. The van der Waals surface area contributed by atoms with E-state index in [1.54, 1.807) is 12.1 Å². The van der Waals surface area contributed by atoms with Crippen molar-refractivity contribution in [3.05, 3.63) is 65.2 Å². The summed E-state index contributed by atoms with van der Waals surface area (Å²) in [7, 11) is 0. The molecule has 3 heteroatoms. The second-order valence-electron chi connectivity index (χ2n) is 4.74. The Morgan fingerprint density at radius 1 is 1.11 bits per heavy atom. The van der Waals surface area contributed by atoms with Crippen molar-refractivity contribution in [1.82, 2.24) is 0 Å². The zero-order valence-corrected chi connectivity index (χ0v) is 10.4. The van der Waals surface area contributed by atoms with Gasteiger partial charge in [0.2, 0.25) is 0 Å². The standard InChI is InChI=1S/C16H14N2O/c17-10-11-5-7-13(8-6-11)19-16-14-4-2-1-3-12(14)9-15(16)18/h1-8,15-16H,9,18H2/t15-,16+/m0/s1. The van der Waals surface area contributed by atoms with Crippen molar-refractivity contribution in [2.45, 2.75) is 18.6 Å². The van der Waals surface area contributed by atoms with E-state index in [4.69, 9.17) is 15.7 Å². The molecule has 0 amide bonds. The fourth-order valence-corrected chi connectivity index (χ4v) is 2.49. The van der Waals surface area contributed by atoms with Gasteiger partial charge < -0.3 is 10.5 Å². The molecule has 1 aliphatic carbocycles. The van der Waals surface area contributed by atoms with Crippen molar-refractivity contribution < 1.29 is 4.74 Å². The van der Waals surface area contributed by atoms with Crippen LogP contribution in [0.25, 0.3) is 0 Å². The van der Waals surface area contributed by atoms with E-state index in [2.05, 4.69) is 18.2 Å². The smallest absolute Gasteiger partial charge is 0.139 e. The predicted molar refractivity (Wildman–Crippen MR) is 72.6 cm³/mol. The van der Waals surface area contributed by atoms with Crippen molar-refractivity contribution in [3.63, 3.8) is 0 Å². The van der Waals surface area contributed by atoms with Crippen LogP contribution in [0.15, 0.2) is 48.5 Å². The summed E-state index contributed by atoms with van der Waals surface area (Å²) in [6.07, 6.45) is 0.737. The highest BCUT2D eigenvalue weighted by Gasteiger charge is 2.31. The van der Waals surface area contributed by atoms with Crippen molar-refractivity contribution >= 4 is 0 Å². The summed E-state index contributed by atoms with van der Waals surface area (Å²) in [6, 6.07) is 17.4. The molecule has 0 saturated carbocycles. The van der Waals surface area contributed by atoms with Crippen molar-refractivity contribution in [3.8, 4) is 11.8 Å². The van der Waals surface area contributed by atoms with E-state index in [0.29, 0.717) is 5.56 Å². The lowest BCUT2D eigenvalue weighted by Crippen LogP contribution is -2.28. The van der Waals surface area contributed by atoms with E-state index < -0.39 is 0 Å². The van der Waals surface area contributed by atoms with Gasteiger partial charge >= 0.3 is 0 Å². The first-order valence-electron chi connectivity index (χ1n) is 6.28. The molecule has 0 saturated heterocycles. The molecule has 2 N–H and O–H groups in total. The molecule has 3 rings (SSSR count). The first-order chi connectivity index (χ1) is 9.28. The molecule has 0 aliphatic heterocycles. The summed E-state index contributed by atoms with van der Waals surface area (Å²) in [5.74, 6) is 0.746. The molecule has 0 bridgehead atoms. The van der Waals surface area contributed by atoms with Crippen molar-refractivity contribution in [2.75, 3.05) is 0 Å². The van der Waals surface area contributed by atoms with Crippen molar-refractivity contribution in [2.24, 2.45) is 5.73 Å². The minimum absolute atomic E-state index is 0.0203. The molecule has 2 aromatic rings. The van der Waals surface area contributed by atoms with E-state index in [-0.39, 0.29) is 12.1 Å². The molecule has 2 aromatic carbocycles. The summed E-state index contributed by atoms with van der Waals surface area (Å²) in [4.78, 5) is 0. The van der Waals surface area contributed by atoms with Gasteiger partial charge in [-0.05, 0) is 41.8 Å². The van der Waals surface area contributed by atoms with Crippen molar-refractivity contribution in [1.29, 1.82) is 5.26 Å².